The van der Waals surface area contributed by atoms with Crippen LogP contribution < -0.4 is 10.6 Å². The number of aromatic nitrogens is 1. The van der Waals surface area contributed by atoms with E-state index in [1.165, 1.54) is 12.8 Å². The highest BCUT2D eigenvalue weighted by Gasteiger charge is 2.21. The molecule has 2 aromatic rings. The summed E-state index contributed by atoms with van der Waals surface area (Å²) in [6.07, 6.45) is 3.66. The average molecular weight is 366 g/mol. The lowest BCUT2D eigenvalue weighted by Gasteiger charge is -2.27. The summed E-state index contributed by atoms with van der Waals surface area (Å²) in [4.78, 5) is 16.6. The Balaban J connectivity index is 0.00000225. The zero-order chi connectivity index (χ0) is 16.9. The molecule has 0 bridgehead atoms. The third-order valence-corrected chi connectivity index (χ3v) is 4.97. The predicted octanol–water partition coefficient (Wildman–Crippen LogP) is 3.24. The van der Waals surface area contributed by atoms with Crippen LogP contribution in [0.1, 0.15) is 37.6 Å². The molecule has 0 aliphatic carbocycles. The second-order valence-corrected chi connectivity index (χ2v) is 6.92. The molecule has 2 N–H and O–H groups in total. The first-order valence-electron chi connectivity index (χ1n) is 8.96. The van der Waals surface area contributed by atoms with Crippen molar-refractivity contribution in [2.24, 2.45) is 11.8 Å². The summed E-state index contributed by atoms with van der Waals surface area (Å²) in [6.45, 7) is 6.93. The zero-order valence-electron chi connectivity index (χ0n) is 15.0. The molecule has 0 radical (unpaired) electrons. The van der Waals surface area contributed by atoms with Crippen molar-refractivity contribution in [1.82, 2.24) is 15.6 Å². The van der Waals surface area contributed by atoms with Gasteiger partial charge in [-0.05, 0) is 56.3 Å². The molecule has 2 unspecified atom stereocenters. The van der Waals surface area contributed by atoms with Crippen molar-refractivity contribution in [2.45, 2.75) is 39.5 Å². The Kier molecular flexibility index (Phi) is 7.26. The van der Waals surface area contributed by atoms with Gasteiger partial charge in [-0.1, -0.05) is 19.1 Å². The van der Waals surface area contributed by atoms with Crippen LogP contribution in [0, 0.1) is 18.8 Å². The molecule has 0 spiro atoms. The molecule has 5 nitrogen and oxygen atoms in total. The number of benzene rings is 1. The van der Waals surface area contributed by atoms with Gasteiger partial charge in [0.1, 0.15) is 5.52 Å². The second kappa shape index (κ2) is 9.20. The van der Waals surface area contributed by atoms with E-state index in [1.807, 2.05) is 25.1 Å². The summed E-state index contributed by atoms with van der Waals surface area (Å²) >= 11 is 0. The van der Waals surface area contributed by atoms with Crippen LogP contribution in [-0.4, -0.2) is 30.5 Å². The van der Waals surface area contributed by atoms with E-state index in [9.17, 15) is 4.79 Å². The molecule has 1 aliphatic heterocycles. The lowest BCUT2D eigenvalue weighted by atomic mass is 9.85. The van der Waals surface area contributed by atoms with E-state index in [4.69, 9.17) is 4.42 Å². The molecule has 1 aliphatic rings. The number of halogens is 1. The Bertz CT molecular complexity index is 695. The van der Waals surface area contributed by atoms with E-state index in [0.717, 1.165) is 29.8 Å². The fraction of sp³-hybridized carbons (Fsp3) is 0.579. The number of para-hydroxylation sites is 1. The molecule has 2 heterocycles. The largest absolute Gasteiger partial charge is 0.441 e. The highest BCUT2D eigenvalue weighted by Crippen LogP contribution is 2.22. The van der Waals surface area contributed by atoms with Crippen molar-refractivity contribution in [1.29, 1.82) is 0 Å². The summed E-state index contributed by atoms with van der Waals surface area (Å²) in [5, 5.41) is 6.42. The Labute approximate surface area is 155 Å². The van der Waals surface area contributed by atoms with Crippen LogP contribution in [0.5, 0.6) is 0 Å². The highest BCUT2D eigenvalue weighted by molar-refractivity contribution is 5.85. The van der Waals surface area contributed by atoms with Gasteiger partial charge in [0.15, 0.2) is 11.5 Å². The van der Waals surface area contributed by atoms with E-state index >= 15 is 0 Å². The Morgan fingerprint density at radius 1 is 1.48 bits per heavy atom. The number of piperidine rings is 1. The summed E-state index contributed by atoms with van der Waals surface area (Å²) in [7, 11) is 0. The van der Waals surface area contributed by atoms with E-state index in [1.54, 1.807) is 0 Å². The average Bonchev–Trinajstić information content (AvgIpc) is 3.00. The molecule has 1 fully saturated rings. The lowest BCUT2D eigenvalue weighted by Crippen LogP contribution is -2.36. The first-order chi connectivity index (χ1) is 11.6. The van der Waals surface area contributed by atoms with Crippen LogP contribution >= 0.6 is 12.4 Å². The van der Waals surface area contributed by atoms with Crippen LogP contribution in [0.4, 0.5) is 0 Å². The van der Waals surface area contributed by atoms with Crippen molar-refractivity contribution >= 4 is 29.4 Å². The van der Waals surface area contributed by atoms with Gasteiger partial charge in [0.2, 0.25) is 5.91 Å². The van der Waals surface area contributed by atoms with E-state index in [0.29, 0.717) is 37.1 Å². The van der Waals surface area contributed by atoms with Crippen molar-refractivity contribution in [3.8, 4) is 0 Å². The quantitative estimate of drug-likeness (QED) is 0.824. The molecule has 6 heteroatoms. The fourth-order valence-electron chi connectivity index (χ4n) is 3.44. The summed E-state index contributed by atoms with van der Waals surface area (Å²) in [5.41, 5.74) is 2.84. The highest BCUT2D eigenvalue weighted by atomic mass is 35.5. The van der Waals surface area contributed by atoms with Crippen molar-refractivity contribution in [3.05, 3.63) is 29.7 Å². The molecule has 1 amide bonds. The first-order valence-corrected chi connectivity index (χ1v) is 8.96. The number of carbonyl (C=O) groups is 1. The van der Waals surface area contributed by atoms with Gasteiger partial charge < -0.3 is 15.1 Å². The molecule has 1 aromatic heterocycles. The lowest BCUT2D eigenvalue weighted by molar-refractivity contribution is -0.122. The van der Waals surface area contributed by atoms with Crippen LogP contribution in [0.2, 0.25) is 0 Å². The Morgan fingerprint density at radius 3 is 3.04 bits per heavy atom. The van der Waals surface area contributed by atoms with Crippen LogP contribution in [0.15, 0.2) is 22.6 Å². The second-order valence-electron chi connectivity index (χ2n) is 6.92. The van der Waals surface area contributed by atoms with Crippen molar-refractivity contribution < 1.29 is 9.21 Å². The molecule has 0 saturated carbocycles. The number of carbonyl (C=O) groups excluding carboxylic acids is 1. The SMILES string of the molecule is Cc1cccc2oc(CCNC(=O)CC(C)C3CCCNC3)nc12.Cl. The van der Waals surface area contributed by atoms with Crippen LogP contribution in [0.3, 0.4) is 0 Å². The zero-order valence-corrected chi connectivity index (χ0v) is 15.8. The number of aryl methyl sites for hydroxylation is 1. The Hall–Kier alpha value is -1.59. The number of rotatable bonds is 6. The number of amides is 1. The maximum Gasteiger partial charge on any atom is 0.220 e. The molecule has 2 atom stereocenters. The van der Waals surface area contributed by atoms with Gasteiger partial charge in [-0.3, -0.25) is 4.79 Å². The van der Waals surface area contributed by atoms with E-state index in [2.05, 4.69) is 22.5 Å². The third kappa shape index (κ3) is 5.19. The molecule has 138 valence electrons. The van der Waals surface area contributed by atoms with Crippen molar-refractivity contribution in [3.63, 3.8) is 0 Å². The Morgan fingerprint density at radius 2 is 2.32 bits per heavy atom. The topological polar surface area (TPSA) is 67.2 Å². The maximum absolute atomic E-state index is 12.1. The van der Waals surface area contributed by atoms with Gasteiger partial charge in [0, 0.05) is 19.4 Å². The van der Waals surface area contributed by atoms with Gasteiger partial charge in [0.25, 0.3) is 0 Å². The summed E-state index contributed by atoms with van der Waals surface area (Å²) in [5.74, 6) is 1.85. The first kappa shape index (κ1) is 19.7. The van der Waals surface area contributed by atoms with E-state index in [-0.39, 0.29) is 18.3 Å². The van der Waals surface area contributed by atoms with Gasteiger partial charge >= 0.3 is 0 Å². The van der Waals surface area contributed by atoms with Gasteiger partial charge in [-0.2, -0.15) is 0 Å². The molecule has 1 aromatic carbocycles. The molecule has 1 saturated heterocycles. The fourth-order valence-corrected chi connectivity index (χ4v) is 3.44. The minimum Gasteiger partial charge on any atom is -0.441 e. The summed E-state index contributed by atoms with van der Waals surface area (Å²) in [6, 6.07) is 5.92. The number of hydrogen-bond acceptors (Lipinski definition) is 4. The third-order valence-electron chi connectivity index (χ3n) is 4.97. The molecule has 25 heavy (non-hydrogen) atoms. The smallest absolute Gasteiger partial charge is 0.220 e. The van der Waals surface area contributed by atoms with Crippen LogP contribution in [0.25, 0.3) is 11.1 Å². The molecule has 3 rings (SSSR count). The number of fused-ring (bicyclic) bond motifs is 1. The number of oxazole rings is 1. The van der Waals surface area contributed by atoms with Gasteiger partial charge in [0.05, 0.1) is 0 Å². The number of nitrogens with zero attached hydrogens (tertiary/aromatic N) is 1. The van der Waals surface area contributed by atoms with Gasteiger partial charge in [-0.15, -0.1) is 12.4 Å². The minimum absolute atomic E-state index is 0. The molecular weight excluding hydrogens is 338 g/mol. The van der Waals surface area contributed by atoms with Crippen LogP contribution in [-0.2, 0) is 11.2 Å². The monoisotopic (exact) mass is 365 g/mol. The van der Waals surface area contributed by atoms with Gasteiger partial charge in [-0.25, -0.2) is 4.98 Å². The normalized spacial score (nSPS) is 18.6. The maximum atomic E-state index is 12.1. The van der Waals surface area contributed by atoms with E-state index < -0.39 is 0 Å². The molecular formula is C19H28ClN3O2. The number of hydrogen-bond donors (Lipinski definition) is 2. The number of nitrogens with one attached hydrogen (secondary N) is 2. The summed E-state index contributed by atoms with van der Waals surface area (Å²) < 4.78 is 5.74. The standard InChI is InChI=1S/C19H27N3O2.ClH/c1-13-5-3-7-16-19(13)22-18(24-16)8-10-21-17(23)11-14(2)15-6-4-9-20-12-15;/h3,5,7,14-15,20H,4,6,8-12H2,1-2H3,(H,21,23);1H. The van der Waals surface area contributed by atoms with Crippen molar-refractivity contribution in [2.75, 3.05) is 19.6 Å². The minimum atomic E-state index is 0. The predicted molar refractivity (Wildman–Crippen MR) is 102 cm³/mol.